The van der Waals surface area contributed by atoms with Crippen LogP contribution in [0.4, 0.5) is 26.3 Å². The van der Waals surface area contributed by atoms with E-state index in [4.69, 9.17) is 9.47 Å². The van der Waals surface area contributed by atoms with Crippen molar-refractivity contribution in [3.63, 3.8) is 0 Å². The van der Waals surface area contributed by atoms with E-state index in [0.29, 0.717) is 48.3 Å². The number of hydrogen-bond acceptors (Lipinski definition) is 5. The summed E-state index contributed by atoms with van der Waals surface area (Å²) in [6.45, 7) is 1.67. The van der Waals surface area contributed by atoms with Crippen LogP contribution >= 0.6 is 0 Å². The van der Waals surface area contributed by atoms with Crippen molar-refractivity contribution in [2.75, 3.05) is 13.7 Å². The molecule has 0 fully saturated rings. The number of nitrogens with zero attached hydrogens (tertiary/aromatic N) is 1. The molecule has 0 heterocycles. The number of rotatable bonds is 17. The van der Waals surface area contributed by atoms with Crippen molar-refractivity contribution >= 4 is 18.1 Å². The fraction of sp³-hybridized carbons (Fsp3) is 0.325. The number of carbonyl (C=O) groups excluding carboxylic acids is 3. The van der Waals surface area contributed by atoms with Crippen LogP contribution < -0.4 is 14.8 Å². The Morgan fingerprint density at radius 2 is 1.47 bits per heavy atom. The van der Waals surface area contributed by atoms with Crippen LogP contribution in [0.2, 0.25) is 0 Å². The van der Waals surface area contributed by atoms with Crippen LogP contribution in [0.15, 0.2) is 91.0 Å². The molecular weight excluding hydrogens is 702 g/mol. The molecule has 282 valence electrons. The van der Waals surface area contributed by atoms with Crippen LogP contribution in [0.25, 0.3) is 0 Å². The Labute approximate surface area is 303 Å². The van der Waals surface area contributed by atoms with Crippen molar-refractivity contribution in [3.8, 4) is 11.5 Å². The highest BCUT2D eigenvalue weighted by atomic mass is 19.4. The summed E-state index contributed by atoms with van der Waals surface area (Å²) in [4.78, 5) is 39.2. The zero-order chi connectivity index (χ0) is 38.6. The van der Waals surface area contributed by atoms with Gasteiger partial charge in [0, 0.05) is 50.0 Å². The average Bonchev–Trinajstić information content (AvgIpc) is 3.12. The number of amides is 2. The van der Waals surface area contributed by atoms with Crippen molar-refractivity contribution < 1.29 is 50.2 Å². The van der Waals surface area contributed by atoms with E-state index in [2.05, 4.69) is 5.32 Å². The summed E-state index contributed by atoms with van der Waals surface area (Å²) in [5.41, 5.74) is -0.216. The number of benzene rings is 4. The molecule has 0 bridgehead atoms. The largest absolute Gasteiger partial charge is 0.496 e. The van der Waals surface area contributed by atoms with Crippen LogP contribution in [0.5, 0.6) is 11.5 Å². The summed E-state index contributed by atoms with van der Waals surface area (Å²) in [5.74, 6) is -1.12. The lowest BCUT2D eigenvalue weighted by Crippen LogP contribution is -2.36. The summed E-state index contributed by atoms with van der Waals surface area (Å²) in [6.07, 6.45) is -9.11. The van der Waals surface area contributed by atoms with Crippen molar-refractivity contribution in [1.82, 2.24) is 10.2 Å². The maximum Gasteiger partial charge on any atom is 0.416 e. The lowest BCUT2D eigenvalue weighted by molar-refractivity contribution is -0.143. The van der Waals surface area contributed by atoms with Crippen LogP contribution in [0, 0.1) is 12.8 Å². The zero-order valence-corrected chi connectivity index (χ0v) is 29.2. The van der Waals surface area contributed by atoms with Crippen molar-refractivity contribution in [2.24, 2.45) is 5.92 Å². The molecule has 1 atom stereocenters. The molecule has 4 aromatic rings. The summed E-state index contributed by atoms with van der Waals surface area (Å²) < 4.78 is 93.6. The lowest BCUT2D eigenvalue weighted by atomic mass is 9.94. The Bertz CT molecular complexity index is 1800. The summed E-state index contributed by atoms with van der Waals surface area (Å²) in [6, 6.07) is 22.4. The van der Waals surface area contributed by atoms with Gasteiger partial charge in [0.1, 0.15) is 17.8 Å². The van der Waals surface area contributed by atoms with Gasteiger partial charge in [-0.15, -0.1) is 0 Å². The average molecular weight is 743 g/mol. The zero-order valence-electron chi connectivity index (χ0n) is 29.2. The monoisotopic (exact) mass is 742 g/mol. The lowest BCUT2D eigenvalue weighted by Gasteiger charge is -2.28. The molecule has 13 heteroatoms. The molecule has 0 aromatic heterocycles. The van der Waals surface area contributed by atoms with Gasteiger partial charge in [0.15, 0.2) is 0 Å². The molecule has 1 unspecified atom stereocenters. The predicted molar refractivity (Wildman–Crippen MR) is 186 cm³/mol. The van der Waals surface area contributed by atoms with Gasteiger partial charge in [0.2, 0.25) is 11.8 Å². The number of alkyl halides is 6. The molecule has 0 saturated carbocycles. The van der Waals surface area contributed by atoms with E-state index in [1.807, 2.05) is 31.2 Å². The Morgan fingerprint density at radius 3 is 2.08 bits per heavy atom. The number of ether oxygens (including phenoxy) is 2. The molecule has 1 N–H and O–H groups in total. The molecule has 0 aliphatic carbocycles. The van der Waals surface area contributed by atoms with Crippen molar-refractivity contribution in [2.45, 2.75) is 64.6 Å². The van der Waals surface area contributed by atoms with Gasteiger partial charge in [-0.25, -0.2) is 0 Å². The Morgan fingerprint density at radius 1 is 0.811 bits per heavy atom. The highest BCUT2D eigenvalue weighted by Crippen LogP contribution is 2.37. The van der Waals surface area contributed by atoms with Crippen molar-refractivity contribution in [3.05, 3.63) is 130 Å². The molecule has 53 heavy (non-hydrogen) atoms. The molecule has 4 rings (SSSR count). The molecule has 0 aliphatic heterocycles. The normalized spacial score (nSPS) is 12.2. The first kappa shape index (κ1) is 40.4. The van der Waals surface area contributed by atoms with Crippen LogP contribution in [0.3, 0.4) is 0 Å². The maximum atomic E-state index is 14.1. The highest BCUT2D eigenvalue weighted by molar-refractivity contribution is 5.81. The minimum atomic E-state index is -5.08. The molecule has 4 aromatic carbocycles. The second kappa shape index (κ2) is 18.4. The molecule has 0 saturated heterocycles. The van der Waals surface area contributed by atoms with E-state index in [0.717, 1.165) is 16.0 Å². The number of methoxy groups -OCH3 is 1. The van der Waals surface area contributed by atoms with Crippen LogP contribution in [-0.2, 0) is 52.8 Å². The molecule has 0 radical (unpaired) electrons. The fourth-order valence-electron chi connectivity index (χ4n) is 5.66. The van der Waals surface area contributed by atoms with Gasteiger partial charge >= 0.3 is 12.4 Å². The second-order valence-corrected chi connectivity index (χ2v) is 12.6. The van der Waals surface area contributed by atoms with E-state index in [1.54, 1.807) is 42.5 Å². The second-order valence-electron chi connectivity index (χ2n) is 12.6. The number of halogens is 6. The Balaban J connectivity index is 1.53. The highest BCUT2D eigenvalue weighted by Gasteiger charge is 2.37. The Hall–Kier alpha value is -5.33. The van der Waals surface area contributed by atoms with Gasteiger partial charge in [0.05, 0.1) is 24.8 Å². The van der Waals surface area contributed by atoms with E-state index in [1.165, 1.54) is 13.2 Å². The molecular formula is C40H40F6N2O5. The SMILES string of the molecule is COc1cc(OCCCC(=O)NCc2ccc(C)cc2)ccc1CN(Cc1cc(C(F)(F)F)cc(C(F)(F)F)c1)C(=O)C(CC=O)Cc1ccccc1. The molecule has 7 nitrogen and oxygen atoms in total. The number of nitrogens with one attached hydrogen (secondary N) is 1. The van der Waals surface area contributed by atoms with Crippen LogP contribution in [0.1, 0.15) is 58.2 Å². The van der Waals surface area contributed by atoms with Gasteiger partial charge in [-0.05, 0) is 66.8 Å². The van der Waals surface area contributed by atoms with Gasteiger partial charge in [-0.2, -0.15) is 26.3 Å². The van der Waals surface area contributed by atoms with E-state index in [9.17, 15) is 40.7 Å². The molecule has 0 aliphatic rings. The third kappa shape index (κ3) is 12.4. The third-order valence-electron chi connectivity index (χ3n) is 8.43. The third-order valence-corrected chi connectivity index (χ3v) is 8.43. The first-order chi connectivity index (χ1) is 25.2. The topological polar surface area (TPSA) is 84.9 Å². The number of aryl methyl sites for hydroxylation is 1. The quantitative estimate of drug-likeness (QED) is 0.0667. The van der Waals surface area contributed by atoms with E-state index in [-0.39, 0.29) is 50.1 Å². The summed E-state index contributed by atoms with van der Waals surface area (Å²) in [7, 11) is 1.36. The van der Waals surface area contributed by atoms with Gasteiger partial charge in [0.25, 0.3) is 0 Å². The minimum absolute atomic E-state index is 0.0276. The molecule has 2 amide bonds. The summed E-state index contributed by atoms with van der Waals surface area (Å²) in [5, 5.41) is 2.86. The van der Waals surface area contributed by atoms with Gasteiger partial charge in [-0.3, -0.25) is 9.59 Å². The fourth-order valence-corrected chi connectivity index (χ4v) is 5.66. The van der Waals surface area contributed by atoms with Crippen LogP contribution in [-0.4, -0.2) is 36.7 Å². The smallest absolute Gasteiger partial charge is 0.416 e. The number of aldehydes is 1. The standard InChI is InChI=1S/C40H40F6N2O5/c1-27-10-12-29(13-11-27)24-47-37(50)9-6-18-53-35-15-14-32(36(23-35)52-2)26-48(38(51)31(16-17-49)19-28-7-4-3-5-8-28)25-30-20-33(39(41,42)43)22-34(21-30)40(44,45)46/h3-5,7-8,10-15,17,20-23,31H,6,9,16,18-19,24-26H2,1-2H3,(H,47,50). The maximum absolute atomic E-state index is 14.1. The number of hydrogen-bond donors (Lipinski definition) is 1. The first-order valence-corrected chi connectivity index (χ1v) is 16.8. The Kier molecular flexibility index (Phi) is 14.1. The van der Waals surface area contributed by atoms with Gasteiger partial charge in [-0.1, -0.05) is 60.2 Å². The van der Waals surface area contributed by atoms with E-state index < -0.39 is 47.4 Å². The van der Waals surface area contributed by atoms with E-state index >= 15 is 0 Å². The summed E-state index contributed by atoms with van der Waals surface area (Å²) >= 11 is 0. The van der Waals surface area contributed by atoms with Crippen molar-refractivity contribution in [1.29, 1.82) is 0 Å². The number of carbonyl (C=O) groups is 3. The predicted octanol–water partition coefficient (Wildman–Crippen LogP) is 8.49. The minimum Gasteiger partial charge on any atom is -0.496 e. The van der Waals surface area contributed by atoms with Gasteiger partial charge < -0.3 is 24.5 Å². The first-order valence-electron chi connectivity index (χ1n) is 16.8. The molecule has 0 spiro atoms.